The zero-order chi connectivity index (χ0) is 28.4. The van der Waals surface area contributed by atoms with Gasteiger partial charge in [-0.2, -0.15) is 0 Å². The summed E-state index contributed by atoms with van der Waals surface area (Å²) in [5.74, 6) is 2.79. The van der Waals surface area contributed by atoms with Crippen molar-refractivity contribution >= 4 is 34.5 Å². The van der Waals surface area contributed by atoms with Crippen molar-refractivity contribution in [3.05, 3.63) is 0 Å². The molecule has 0 spiro atoms. The molecule has 2 N–H and O–H groups in total. The van der Waals surface area contributed by atoms with Crippen molar-refractivity contribution in [2.75, 3.05) is 0 Å². The molecule has 0 rings (SSSR count). The molecule has 0 radical (unpaired) electrons. The lowest BCUT2D eigenvalue weighted by molar-refractivity contribution is 0.330. The van der Waals surface area contributed by atoms with Crippen molar-refractivity contribution in [2.45, 2.75) is 182 Å². The van der Waals surface area contributed by atoms with Gasteiger partial charge in [0.25, 0.3) is 0 Å². The van der Waals surface area contributed by atoms with Crippen molar-refractivity contribution in [1.29, 1.82) is 0 Å². The van der Waals surface area contributed by atoms with Crippen molar-refractivity contribution in [1.82, 2.24) is 0 Å². The van der Waals surface area contributed by atoms with Crippen LogP contribution in [-0.4, -0.2) is 20.3 Å². The topological polar surface area (TPSA) is 40.5 Å². The minimum Gasteiger partial charge on any atom is -0.502 e. The Bertz CT molecular complexity index is 487. The first-order chi connectivity index (χ1) is 18.4. The fraction of sp³-hybridized carbons (Fsp3) is 0.941. The van der Waals surface area contributed by atoms with Crippen LogP contribution in [0.15, 0.2) is 0 Å². The first-order valence-electron chi connectivity index (χ1n) is 16.8. The smallest absolute Gasteiger partial charge is 0.156 e. The fourth-order valence-electron chi connectivity index (χ4n) is 6.28. The number of aliphatic hydroxyl groups excluding tert-OH is 2. The van der Waals surface area contributed by atoms with Gasteiger partial charge in [-0.15, -0.1) is 0 Å². The van der Waals surface area contributed by atoms with E-state index in [-0.39, 0.29) is 10.1 Å². The van der Waals surface area contributed by atoms with Gasteiger partial charge in [0.2, 0.25) is 0 Å². The van der Waals surface area contributed by atoms with E-state index in [0.717, 1.165) is 24.7 Å². The molecule has 226 valence electrons. The van der Waals surface area contributed by atoms with E-state index >= 15 is 0 Å². The molecule has 2 nitrogen and oxygen atoms in total. The second-order valence-electron chi connectivity index (χ2n) is 12.4. The van der Waals surface area contributed by atoms with E-state index in [4.69, 9.17) is 24.4 Å². The molecule has 0 fully saturated rings. The molecule has 0 aromatic rings. The number of hydrogen-bond acceptors (Lipinski definition) is 2. The van der Waals surface area contributed by atoms with Crippen molar-refractivity contribution in [3.8, 4) is 0 Å². The maximum absolute atomic E-state index is 9.85. The maximum Gasteiger partial charge on any atom is 0.156 e. The van der Waals surface area contributed by atoms with Gasteiger partial charge in [0, 0.05) is 12.8 Å². The normalized spacial score (nSPS) is 13.3. The van der Waals surface area contributed by atoms with E-state index in [9.17, 15) is 10.2 Å². The van der Waals surface area contributed by atoms with Crippen LogP contribution in [0, 0.1) is 23.7 Å². The highest BCUT2D eigenvalue weighted by Gasteiger charge is 2.16. The van der Waals surface area contributed by atoms with E-state index in [1.165, 1.54) is 128 Å². The first-order valence-corrected chi connectivity index (χ1v) is 17.6. The highest BCUT2D eigenvalue weighted by molar-refractivity contribution is 7.80. The van der Waals surface area contributed by atoms with Gasteiger partial charge in [-0.3, -0.25) is 0 Å². The van der Waals surface area contributed by atoms with Gasteiger partial charge in [0.15, 0.2) is 10.1 Å². The number of aliphatic hydroxyl groups is 2. The van der Waals surface area contributed by atoms with Crippen LogP contribution in [0.2, 0.25) is 0 Å². The molecule has 0 heterocycles. The van der Waals surface area contributed by atoms with Crippen molar-refractivity contribution in [2.24, 2.45) is 23.7 Å². The van der Waals surface area contributed by atoms with Gasteiger partial charge < -0.3 is 10.2 Å². The van der Waals surface area contributed by atoms with Gasteiger partial charge in [-0.25, -0.2) is 0 Å². The largest absolute Gasteiger partial charge is 0.502 e. The Morgan fingerprint density at radius 1 is 0.395 bits per heavy atom. The minimum absolute atomic E-state index is 0.188. The predicted molar refractivity (Wildman–Crippen MR) is 178 cm³/mol. The summed E-state index contributed by atoms with van der Waals surface area (Å²) in [5.41, 5.74) is 0. The number of rotatable bonds is 29. The van der Waals surface area contributed by atoms with Crippen LogP contribution in [0.3, 0.4) is 0 Å². The standard InChI is InChI=1S/C34H66O2S2/c1-5-9-17-29(18-10-6-2)23-15-25-31(27-33(35)37)21-13-14-22-32(28-34(36)38)26-16-24-30(19-11-7-3)20-12-8-4/h29-32H,5-28H2,1-4H3,(H,35,37)(H,36,38). The predicted octanol–water partition coefficient (Wildman–Crippen LogP) is 12.7. The number of thiocarbonyl (C=S) groups is 2. The zero-order valence-electron chi connectivity index (χ0n) is 26.0. The van der Waals surface area contributed by atoms with Gasteiger partial charge in [-0.05, 0) is 73.8 Å². The number of unbranched alkanes of at least 4 members (excludes halogenated alkanes) is 5. The summed E-state index contributed by atoms with van der Waals surface area (Å²) in [6.45, 7) is 9.19. The Labute approximate surface area is 249 Å². The molecule has 2 atom stereocenters. The molecule has 0 bridgehead atoms. The SMILES string of the molecule is CCCCC(CCCC)CCCC(CCCCC(CCCC(CCCC)CCCC)CC(O)=S)CC(O)=S. The molecular weight excluding hydrogens is 505 g/mol. The molecule has 38 heavy (non-hydrogen) atoms. The van der Waals surface area contributed by atoms with Crippen LogP contribution < -0.4 is 0 Å². The summed E-state index contributed by atoms with van der Waals surface area (Å²) in [6.07, 6.45) is 29.8. The quantitative estimate of drug-likeness (QED) is 0.0693. The van der Waals surface area contributed by atoms with E-state index < -0.39 is 0 Å². The summed E-state index contributed by atoms with van der Waals surface area (Å²) >= 11 is 10.2. The maximum atomic E-state index is 9.85. The van der Waals surface area contributed by atoms with E-state index in [2.05, 4.69) is 27.7 Å². The van der Waals surface area contributed by atoms with Gasteiger partial charge in [0.1, 0.15) is 0 Å². The van der Waals surface area contributed by atoms with Crippen LogP contribution in [0.4, 0.5) is 0 Å². The summed E-state index contributed by atoms with van der Waals surface area (Å²) in [5, 5.41) is 20.1. The highest BCUT2D eigenvalue weighted by atomic mass is 32.1. The van der Waals surface area contributed by atoms with Crippen LogP contribution in [0.5, 0.6) is 0 Å². The van der Waals surface area contributed by atoms with E-state index in [0.29, 0.717) is 24.7 Å². The molecule has 0 aliphatic carbocycles. The van der Waals surface area contributed by atoms with Gasteiger partial charge >= 0.3 is 0 Å². The van der Waals surface area contributed by atoms with E-state index in [1.54, 1.807) is 0 Å². The average molecular weight is 571 g/mol. The molecule has 0 aromatic heterocycles. The molecule has 0 aliphatic rings. The average Bonchev–Trinajstić information content (AvgIpc) is 2.87. The third kappa shape index (κ3) is 23.6. The highest BCUT2D eigenvalue weighted by Crippen LogP contribution is 2.29. The molecule has 0 aliphatic heterocycles. The summed E-state index contributed by atoms with van der Waals surface area (Å²) in [6, 6.07) is 0. The van der Waals surface area contributed by atoms with Crippen LogP contribution in [-0.2, 0) is 0 Å². The lowest BCUT2D eigenvalue weighted by Crippen LogP contribution is -2.10. The molecular formula is C34H66O2S2. The summed E-state index contributed by atoms with van der Waals surface area (Å²) in [7, 11) is 0. The third-order valence-electron chi connectivity index (χ3n) is 8.71. The molecule has 0 amide bonds. The Kier molecular flexibility index (Phi) is 26.8. The molecule has 4 heteroatoms. The Balaban J connectivity index is 4.57. The monoisotopic (exact) mass is 570 g/mol. The van der Waals surface area contributed by atoms with Gasteiger partial charge in [0.05, 0.1) is 0 Å². The van der Waals surface area contributed by atoms with Crippen LogP contribution in [0.1, 0.15) is 182 Å². The summed E-state index contributed by atoms with van der Waals surface area (Å²) < 4.78 is 0. The third-order valence-corrected chi connectivity index (χ3v) is 9.05. The van der Waals surface area contributed by atoms with E-state index in [1.807, 2.05) is 0 Å². The molecule has 0 saturated carbocycles. The molecule has 0 saturated heterocycles. The Morgan fingerprint density at radius 3 is 0.895 bits per heavy atom. The van der Waals surface area contributed by atoms with Crippen LogP contribution >= 0.6 is 24.4 Å². The second kappa shape index (κ2) is 27.0. The van der Waals surface area contributed by atoms with Crippen molar-refractivity contribution in [3.63, 3.8) is 0 Å². The number of hydrogen-bond donors (Lipinski definition) is 2. The summed E-state index contributed by atoms with van der Waals surface area (Å²) in [4.78, 5) is 0. The first kappa shape index (κ1) is 37.8. The fourth-order valence-corrected chi connectivity index (χ4v) is 6.76. The van der Waals surface area contributed by atoms with Crippen molar-refractivity contribution < 1.29 is 10.2 Å². The minimum atomic E-state index is 0.188. The molecule has 2 unspecified atom stereocenters. The van der Waals surface area contributed by atoms with Crippen LogP contribution in [0.25, 0.3) is 0 Å². The second-order valence-corrected chi connectivity index (χ2v) is 13.3. The lowest BCUT2D eigenvalue weighted by Gasteiger charge is -2.21. The zero-order valence-corrected chi connectivity index (χ0v) is 27.6. The Morgan fingerprint density at radius 2 is 0.632 bits per heavy atom. The molecule has 0 aromatic carbocycles. The lowest BCUT2D eigenvalue weighted by atomic mass is 9.85. The Hall–Kier alpha value is -0.220. The van der Waals surface area contributed by atoms with Gasteiger partial charge in [-0.1, -0.05) is 143 Å².